The number of anilines is 1. The lowest BCUT2D eigenvalue weighted by atomic mass is 10.2. The fourth-order valence-corrected chi connectivity index (χ4v) is 3.28. The zero-order chi connectivity index (χ0) is 18.0. The minimum absolute atomic E-state index is 0.0623. The predicted molar refractivity (Wildman–Crippen MR) is 92.7 cm³/mol. The van der Waals surface area contributed by atoms with Crippen LogP contribution in [0.25, 0.3) is 0 Å². The summed E-state index contributed by atoms with van der Waals surface area (Å²) in [6.45, 7) is 0.945. The van der Waals surface area contributed by atoms with Crippen LogP contribution in [-0.2, 0) is 10.0 Å². The molecule has 25 heavy (non-hydrogen) atoms. The minimum Gasteiger partial charge on any atom is -0.486 e. The van der Waals surface area contributed by atoms with Crippen molar-refractivity contribution in [3.63, 3.8) is 0 Å². The van der Waals surface area contributed by atoms with Gasteiger partial charge in [0.2, 0.25) is 10.0 Å². The number of nitrogens with one attached hydrogen (secondary N) is 1. The first-order chi connectivity index (χ1) is 11.9. The Morgan fingerprint density at radius 3 is 2.48 bits per heavy atom. The Kier molecular flexibility index (Phi) is 4.65. The van der Waals surface area contributed by atoms with Crippen molar-refractivity contribution >= 4 is 21.6 Å². The van der Waals surface area contributed by atoms with Crippen LogP contribution in [0.5, 0.6) is 11.5 Å². The summed E-state index contributed by atoms with van der Waals surface area (Å²) in [5, 5.41) is 2.73. The van der Waals surface area contributed by atoms with Crippen LogP contribution in [0.1, 0.15) is 10.4 Å². The first-order valence-electron chi connectivity index (χ1n) is 7.61. The highest BCUT2D eigenvalue weighted by Gasteiger charge is 2.19. The topological polar surface area (TPSA) is 84.9 Å². The van der Waals surface area contributed by atoms with Crippen molar-refractivity contribution in [1.82, 2.24) is 4.31 Å². The second-order valence-electron chi connectivity index (χ2n) is 5.63. The van der Waals surface area contributed by atoms with E-state index >= 15 is 0 Å². The molecule has 7 nitrogen and oxygen atoms in total. The normalized spacial score (nSPS) is 13.6. The predicted octanol–water partition coefficient (Wildman–Crippen LogP) is 1.96. The van der Waals surface area contributed by atoms with Crippen molar-refractivity contribution in [1.29, 1.82) is 0 Å². The molecule has 0 radical (unpaired) electrons. The molecule has 0 bridgehead atoms. The molecule has 0 unspecified atom stereocenters. The Bertz CT molecular complexity index is 909. The van der Waals surface area contributed by atoms with Crippen molar-refractivity contribution < 1.29 is 22.7 Å². The number of sulfonamides is 1. The summed E-state index contributed by atoms with van der Waals surface area (Å²) >= 11 is 0. The zero-order valence-electron chi connectivity index (χ0n) is 13.9. The summed E-state index contributed by atoms with van der Waals surface area (Å²) in [6, 6.07) is 11.0. The number of benzene rings is 2. The average molecular weight is 362 g/mol. The van der Waals surface area contributed by atoms with Crippen molar-refractivity contribution in [2.24, 2.45) is 0 Å². The van der Waals surface area contributed by atoms with E-state index in [1.54, 1.807) is 24.3 Å². The van der Waals surface area contributed by atoms with Crippen LogP contribution >= 0.6 is 0 Å². The van der Waals surface area contributed by atoms with E-state index < -0.39 is 15.9 Å². The van der Waals surface area contributed by atoms with Gasteiger partial charge in [-0.05, 0) is 30.3 Å². The third-order valence-corrected chi connectivity index (χ3v) is 5.49. The maximum atomic E-state index is 12.4. The summed E-state index contributed by atoms with van der Waals surface area (Å²) in [5.41, 5.74) is 0.785. The van der Waals surface area contributed by atoms with Gasteiger partial charge < -0.3 is 14.8 Å². The van der Waals surface area contributed by atoms with Crippen LogP contribution in [-0.4, -0.2) is 45.9 Å². The van der Waals surface area contributed by atoms with Crippen LogP contribution < -0.4 is 14.8 Å². The van der Waals surface area contributed by atoms with Gasteiger partial charge in [0.1, 0.15) is 13.2 Å². The standard InChI is InChI=1S/C17H18N2O5S/c1-19(2)25(21,22)14-5-3-4-12(10-14)17(20)18-13-6-7-15-16(11-13)24-9-8-23-15/h3-7,10-11H,8-9H2,1-2H3,(H,18,20). The van der Waals surface area contributed by atoms with E-state index in [-0.39, 0.29) is 10.5 Å². The van der Waals surface area contributed by atoms with E-state index in [2.05, 4.69) is 5.32 Å². The molecule has 0 spiro atoms. The molecule has 132 valence electrons. The van der Waals surface area contributed by atoms with Gasteiger partial charge in [0, 0.05) is 31.4 Å². The molecule has 1 N–H and O–H groups in total. The molecule has 1 aliphatic rings. The van der Waals surface area contributed by atoms with E-state index in [9.17, 15) is 13.2 Å². The van der Waals surface area contributed by atoms with Gasteiger partial charge in [-0.3, -0.25) is 4.79 Å². The van der Waals surface area contributed by atoms with E-state index in [1.165, 1.54) is 32.3 Å². The lowest BCUT2D eigenvalue weighted by molar-refractivity contribution is 0.102. The average Bonchev–Trinajstić information content (AvgIpc) is 2.61. The Labute approximate surface area is 146 Å². The number of fused-ring (bicyclic) bond motifs is 1. The van der Waals surface area contributed by atoms with Gasteiger partial charge >= 0.3 is 0 Å². The van der Waals surface area contributed by atoms with Gasteiger partial charge in [-0.2, -0.15) is 0 Å². The summed E-state index contributed by atoms with van der Waals surface area (Å²) in [5.74, 6) is 0.781. The Morgan fingerprint density at radius 1 is 1.04 bits per heavy atom. The largest absolute Gasteiger partial charge is 0.486 e. The molecule has 1 amide bonds. The van der Waals surface area contributed by atoms with Crippen molar-refractivity contribution in [2.45, 2.75) is 4.90 Å². The highest BCUT2D eigenvalue weighted by Crippen LogP contribution is 2.32. The minimum atomic E-state index is -3.60. The molecule has 1 heterocycles. The first kappa shape index (κ1) is 17.2. The molecule has 8 heteroatoms. The van der Waals surface area contributed by atoms with Crippen molar-refractivity contribution in [3.8, 4) is 11.5 Å². The molecule has 0 atom stereocenters. The van der Waals surface area contributed by atoms with Crippen molar-refractivity contribution in [3.05, 3.63) is 48.0 Å². The number of hydrogen-bond acceptors (Lipinski definition) is 5. The molecule has 1 aliphatic heterocycles. The Hall–Kier alpha value is -2.58. The Balaban J connectivity index is 1.82. The van der Waals surface area contributed by atoms with E-state index in [1.807, 2.05) is 0 Å². The summed E-state index contributed by atoms with van der Waals surface area (Å²) in [4.78, 5) is 12.5. The van der Waals surface area contributed by atoms with Crippen LogP contribution in [0.2, 0.25) is 0 Å². The third kappa shape index (κ3) is 3.59. The number of hydrogen-bond donors (Lipinski definition) is 1. The molecule has 0 aromatic heterocycles. The maximum Gasteiger partial charge on any atom is 0.255 e. The second-order valence-corrected chi connectivity index (χ2v) is 7.78. The fraction of sp³-hybridized carbons (Fsp3) is 0.235. The lowest BCUT2D eigenvalue weighted by Crippen LogP contribution is -2.22. The number of ether oxygens (including phenoxy) is 2. The molecule has 3 rings (SSSR count). The SMILES string of the molecule is CN(C)S(=O)(=O)c1cccc(C(=O)Nc2ccc3c(c2)OCCO3)c1. The fourth-order valence-electron chi connectivity index (χ4n) is 2.33. The van der Waals surface area contributed by atoms with Crippen LogP contribution in [0.4, 0.5) is 5.69 Å². The van der Waals surface area contributed by atoms with Crippen molar-refractivity contribution in [2.75, 3.05) is 32.6 Å². The van der Waals surface area contributed by atoms with Crippen LogP contribution in [0, 0.1) is 0 Å². The van der Waals surface area contributed by atoms with E-state index in [0.29, 0.717) is 30.4 Å². The number of rotatable bonds is 4. The molecule has 0 fully saturated rings. The van der Waals surface area contributed by atoms with E-state index in [4.69, 9.17) is 9.47 Å². The number of amides is 1. The van der Waals surface area contributed by atoms with Crippen LogP contribution in [0.15, 0.2) is 47.4 Å². The Morgan fingerprint density at radius 2 is 1.76 bits per heavy atom. The monoisotopic (exact) mass is 362 g/mol. The molecule has 0 saturated heterocycles. The highest BCUT2D eigenvalue weighted by molar-refractivity contribution is 7.89. The number of carbonyl (C=O) groups is 1. The molecular formula is C17H18N2O5S. The molecule has 2 aromatic carbocycles. The maximum absolute atomic E-state index is 12.4. The number of nitrogens with zero attached hydrogens (tertiary/aromatic N) is 1. The van der Waals surface area contributed by atoms with Gasteiger partial charge in [-0.25, -0.2) is 12.7 Å². The zero-order valence-corrected chi connectivity index (χ0v) is 14.7. The van der Waals surface area contributed by atoms with Gasteiger partial charge in [-0.1, -0.05) is 6.07 Å². The summed E-state index contributed by atoms with van der Waals surface area (Å²) < 4.78 is 36.4. The summed E-state index contributed by atoms with van der Waals surface area (Å²) in [7, 11) is -0.718. The molecule has 0 saturated carbocycles. The van der Waals surface area contributed by atoms with Gasteiger partial charge in [0.25, 0.3) is 5.91 Å². The van der Waals surface area contributed by atoms with Crippen LogP contribution in [0.3, 0.4) is 0 Å². The molecule has 2 aromatic rings. The summed E-state index contributed by atoms with van der Waals surface area (Å²) in [6.07, 6.45) is 0. The quantitative estimate of drug-likeness (QED) is 0.899. The van der Waals surface area contributed by atoms with Gasteiger partial charge in [0.15, 0.2) is 11.5 Å². The van der Waals surface area contributed by atoms with Gasteiger partial charge in [0.05, 0.1) is 4.90 Å². The van der Waals surface area contributed by atoms with Gasteiger partial charge in [-0.15, -0.1) is 0 Å². The van der Waals surface area contributed by atoms with E-state index in [0.717, 1.165) is 4.31 Å². The number of carbonyl (C=O) groups excluding carboxylic acids is 1. The lowest BCUT2D eigenvalue weighted by Gasteiger charge is -2.19. The second kappa shape index (κ2) is 6.73. The molecule has 0 aliphatic carbocycles. The first-order valence-corrected chi connectivity index (χ1v) is 9.05. The highest BCUT2D eigenvalue weighted by atomic mass is 32.2. The molecular weight excluding hydrogens is 344 g/mol. The smallest absolute Gasteiger partial charge is 0.255 e. The third-order valence-electron chi connectivity index (χ3n) is 3.67.